The van der Waals surface area contributed by atoms with Crippen molar-refractivity contribution in [3.8, 4) is 5.75 Å². The maximum Gasteiger partial charge on any atom is 0.122 e. The van der Waals surface area contributed by atoms with Gasteiger partial charge >= 0.3 is 0 Å². The van der Waals surface area contributed by atoms with E-state index in [1.54, 1.807) is 0 Å². The fraction of sp³-hybridized carbons (Fsp3) is 0.600. The van der Waals surface area contributed by atoms with Crippen LogP contribution in [0.25, 0.3) is 0 Å². The van der Waals surface area contributed by atoms with Crippen LogP contribution in [0, 0.1) is 5.92 Å². The average Bonchev–Trinajstić information content (AvgIpc) is 3.20. The van der Waals surface area contributed by atoms with Gasteiger partial charge in [0.05, 0.1) is 6.61 Å². The minimum absolute atomic E-state index is 0.166. The smallest absolute Gasteiger partial charge is 0.122 e. The molecule has 3 heteroatoms. The SMILES string of the molecule is CC(CNC1CC1)COc1ccccc1CCO. The molecule has 0 bridgehead atoms. The van der Waals surface area contributed by atoms with E-state index in [2.05, 4.69) is 12.2 Å². The third-order valence-corrected chi connectivity index (χ3v) is 3.21. The molecule has 1 fully saturated rings. The molecule has 0 saturated heterocycles. The summed E-state index contributed by atoms with van der Waals surface area (Å²) in [6, 6.07) is 8.71. The van der Waals surface area contributed by atoms with Crippen LogP contribution < -0.4 is 10.1 Å². The summed E-state index contributed by atoms with van der Waals surface area (Å²) in [7, 11) is 0. The van der Waals surface area contributed by atoms with Crippen molar-refractivity contribution in [3.05, 3.63) is 29.8 Å². The van der Waals surface area contributed by atoms with E-state index in [4.69, 9.17) is 9.84 Å². The lowest BCUT2D eigenvalue weighted by Crippen LogP contribution is -2.26. The molecule has 3 nitrogen and oxygen atoms in total. The van der Waals surface area contributed by atoms with Crippen molar-refractivity contribution in [3.63, 3.8) is 0 Å². The predicted octanol–water partition coefficient (Wildman–Crippen LogP) is 1.99. The Labute approximate surface area is 109 Å². The topological polar surface area (TPSA) is 41.5 Å². The molecule has 1 unspecified atom stereocenters. The Morgan fingerprint density at radius 1 is 1.39 bits per heavy atom. The lowest BCUT2D eigenvalue weighted by Gasteiger charge is -2.15. The Kier molecular flexibility index (Phi) is 5.02. The summed E-state index contributed by atoms with van der Waals surface area (Å²) in [6.45, 7) is 4.11. The second-order valence-electron chi connectivity index (χ2n) is 5.18. The number of rotatable bonds is 8. The van der Waals surface area contributed by atoms with Gasteiger partial charge in [0.25, 0.3) is 0 Å². The molecule has 1 aliphatic carbocycles. The van der Waals surface area contributed by atoms with Crippen molar-refractivity contribution in [1.82, 2.24) is 5.32 Å². The molecule has 0 amide bonds. The molecule has 1 aromatic rings. The zero-order valence-corrected chi connectivity index (χ0v) is 11.1. The van der Waals surface area contributed by atoms with Gasteiger partial charge in [0.1, 0.15) is 5.75 Å². The van der Waals surface area contributed by atoms with E-state index < -0.39 is 0 Å². The van der Waals surface area contributed by atoms with Crippen LogP contribution in [-0.2, 0) is 6.42 Å². The minimum Gasteiger partial charge on any atom is -0.493 e. The van der Waals surface area contributed by atoms with E-state index in [0.717, 1.165) is 30.5 Å². The third-order valence-electron chi connectivity index (χ3n) is 3.21. The van der Waals surface area contributed by atoms with E-state index in [1.165, 1.54) is 12.8 Å². The number of hydrogen-bond donors (Lipinski definition) is 2. The summed E-state index contributed by atoms with van der Waals surface area (Å²) in [6.07, 6.45) is 3.31. The van der Waals surface area contributed by atoms with E-state index >= 15 is 0 Å². The zero-order chi connectivity index (χ0) is 12.8. The molecule has 1 aromatic carbocycles. The second kappa shape index (κ2) is 6.76. The van der Waals surface area contributed by atoms with Crippen molar-refractivity contribution in [2.75, 3.05) is 19.8 Å². The highest BCUT2D eigenvalue weighted by atomic mass is 16.5. The molecule has 1 saturated carbocycles. The summed E-state index contributed by atoms with van der Waals surface area (Å²) in [5.41, 5.74) is 1.09. The number of para-hydroxylation sites is 1. The van der Waals surface area contributed by atoms with Crippen molar-refractivity contribution in [2.24, 2.45) is 5.92 Å². The number of aliphatic hydroxyl groups excluding tert-OH is 1. The van der Waals surface area contributed by atoms with E-state index in [-0.39, 0.29) is 6.61 Å². The predicted molar refractivity (Wildman–Crippen MR) is 72.9 cm³/mol. The number of aliphatic hydroxyl groups is 1. The Hall–Kier alpha value is -1.06. The standard InChI is InChI=1S/C15H23NO2/c1-12(10-16-14-6-7-14)11-18-15-5-3-2-4-13(15)8-9-17/h2-5,12,14,16-17H,6-11H2,1H3. The number of nitrogens with one attached hydrogen (secondary N) is 1. The lowest BCUT2D eigenvalue weighted by atomic mass is 10.1. The molecule has 0 aliphatic heterocycles. The van der Waals surface area contributed by atoms with Gasteiger partial charge in [0.2, 0.25) is 0 Å². The minimum atomic E-state index is 0.166. The monoisotopic (exact) mass is 249 g/mol. The van der Waals surface area contributed by atoms with Crippen LogP contribution in [-0.4, -0.2) is 30.9 Å². The molecule has 1 aliphatic rings. The van der Waals surface area contributed by atoms with Crippen LogP contribution in [0.3, 0.4) is 0 Å². The Morgan fingerprint density at radius 2 is 2.17 bits per heavy atom. The van der Waals surface area contributed by atoms with Crippen LogP contribution in [0.1, 0.15) is 25.3 Å². The lowest BCUT2D eigenvalue weighted by molar-refractivity contribution is 0.249. The fourth-order valence-corrected chi connectivity index (χ4v) is 1.92. The molecular formula is C15H23NO2. The normalized spacial score (nSPS) is 16.6. The van der Waals surface area contributed by atoms with Gasteiger partial charge in [0.15, 0.2) is 0 Å². The van der Waals surface area contributed by atoms with Gasteiger partial charge in [-0.15, -0.1) is 0 Å². The van der Waals surface area contributed by atoms with Crippen molar-refractivity contribution >= 4 is 0 Å². The molecule has 0 radical (unpaired) electrons. The summed E-state index contributed by atoms with van der Waals surface area (Å²) in [5.74, 6) is 1.41. The van der Waals surface area contributed by atoms with Crippen molar-refractivity contribution in [2.45, 2.75) is 32.2 Å². The number of hydrogen-bond acceptors (Lipinski definition) is 3. The molecule has 100 valence electrons. The second-order valence-corrected chi connectivity index (χ2v) is 5.18. The van der Waals surface area contributed by atoms with Gasteiger partial charge in [-0.05, 0) is 30.9 Å². The highest BCUT2D eigenvalue weighted by Gasteiger charge is 2.20. The van der Waals surface area contributed by atoms with Crippen LogP contribution in [0.15, 0.2) is 24.3 Å². The van der Waals surface area contributed by atoms with Gasteiger partial charge in [-0.3, -0.25) is 0 Å². The molecule has 0 aromatic heterocycles. The Morgan fingerprint density at radius 3 is 2.89 bits per heavy atom. The van der Waals surface area contributed by atoms with Crippen LogP contribution in [0.5, 0.6) is 5.75 Å². The molecule has 0 heterocycles. The molecule has 0 spiro atoms. The van der Waals surface area contributed by atoms with E-state index in [0.29, 0.717) is 12.3 Å². The van der Waals surface area contributed by atoms with E-state index in [9.17, 15) is 0 Å². The quantitative estimate of drug-likeness (QED) is 0.740. The largest absolute Gasteiger partial charge is 0.493 e. The van der Waals surface area contributed by atoms with Crippen LogP contribution >= 0.6 is 0 Å². The summed E-state index contributed by atoms with van der Waals surface area (Å²) >= 11 is 0. The summed E-state index contributed by atoms with van der Waals surface area (Å²) in [5, 5.41) is 12.5. The fourth-order valence-electron chi connectivity index (χ4n) is 1.92. The van der Waals surface area contributed by atoms with E-state index in [1.807, 2.05) is 24.3 Å². The maximum atomic E-state index is 9.01. The Balaban J connectivity index is 1.77. The van der Waals surface area contributed by atoms with Gasteiger partial charge in [-0.2, -0.15) is 0 Å². The average molecular weight is 249 g/mol. The molecule has 18 heavy (non-hydrogen) atoms. The van der Waals surface area contributed by atoms with Gasteiger partial charge in [-0.25, -0.2) is 0 Å². The van der Waals surface area contributed by atoms with Crippen molar-refractivity contribution < 1.29 is 9.84 Å². The van der Waals surface area contributed by atoms with Gasteiger partial charge in [0, 0.05) is 25.1 Å². The third kappa shape index (κ3) is 4.31. The first kappa shape index (κ1) is 13.4. The van der Waals surface area contributed by atoms with Crippen LogP contribution in [0.2, 0.25) is 0 Å². The summed E-state index contributed by atoms with van der Waals surface area (Å²) in [4.78, 5) is 0. The zero-order valence-electron chi connectivity index (χ0n) is 11.1. The molecular weight excluding hydrogens is 226 g/mol. The first-order valence-corrected chi connectivity index (χ1v) is 6.84. The highest BCUT2D eigenvalue weighted by molar-refractivity contribution is 5.33. The maximum absolute atomic E-state index is 9.01. The highest BCUT2D eigenvalue weighted by Crippen LogP contribution is 2.20. The molecule has 2 N–H and O–H groups in total. The molecule has 2 rings (SSSR count). The molecule has 1 atom stereocenters. The first-order valence-electron chi connectivity index (χ1n) is 6.84. The van der Waals surface area contributed by atoms with Crippen molar-refractivity contribution in [1.29, 1.82) is 0 Å². The Bertz CT molecular complexity index is 363. The van der Waals surface area contributed by atoms with Gasteiger partial charge in [-0.1, -0.05) is 25.1 Å². The number of ether oxygens (including phenoxy) is 1. The van der Waals surface area contributed by atoms with Gasteiger partial charge < -0.3 is 15.2 Å². The summed E-state index contributed by atoms with van der Waals surface area (Å²) < 4.78 is 5.85. The first-order chi connectivity index (χ1) is 8.79. The van der Waals surface area contributed by atoms with Crippen LogP contribution in [0.4, 0.5) is 0 Å². The number of benzene rings is 1.